The molecule has 0 saturated heterocycles. The van der Waals surface area contributed by atoms with E-state index in [1.165, 1.54) is 7.11 Å². The van der Waals surface area contributed by atoms with Crippen molar-refractivity contribution in [1.29, 1.82) is 0 Å². The number of ether oxygens (including phenoxy) is 2. The molecule has 30 heavy (non-hydrogen) atoms. The van der Waals surface area contributed by atoms with Crippen molar-refractivity contribution in [2.45, 2.75) is 13.0 Å². The summed E-state index contributed by atoms with van der Waals surface area (Å²) in [6.07, 6.45) is 0. The molecule has 152 valence electrons. The van der Waals surface area contributed by atoms with E-state index in [1.807, 2.05) is 72.5 Å². The number of rotatable bonds is 4. The SMILES string of the molecule is COC(=O)C1=C(C)N(c2ccccc2)C(=S)N[C@@H]1c1ccc2cc(OC)ccc2c1. The molecule has 6 heteroatoms. The van der Waals surface area contributed by atoms with Gasteiger partial charge in [0.1, 0.15) is 5.75 Å². The largest absolute Gasteiger partial charge is 0.497 e. The standard InChI is InChI=1S/C24H22N2O3S/c1-15-21(23(27)29-3)22(25-24(30)26(15)19-7-5-4-6-8-19)18-10-9-17-14-20(28-2)12-11-16(17)13-18/h4-14,22H,1-3H3,(H,25,30)/t22-/m1/s1. The highest BCUT2D eigenvalue weighted by atomic mass is 32.1. The molecule has 5 nitrogen and oxygen atoms in total. The lowest BCUT2D eigenvalue weighted by atomic mass is 9.93. The van der Waals surface area contributed by atoms with Crippen LogP contribution >= 0.6 is 12.2 Å². The van der Waals surface area contributed by atoms with Gasteiger partial charge in [0.2, 0.25) is 0 Å². The second kappa shape index (κ2) is 8.16. The Morgan fingerprint density at radius 2 is 1.70 bits per heavy atom. The van der Waals surface area contributed by atoms with E-state index >= 15 is 0 Å². The number of para-hydroxylation sites is 1. The van der Waals surface area contributed by atoms with Gasteiger partial charge in [-0.3, -0.25) is 4.90 Å². The molecule has 0 saturated carbocycles. The number of nitrogens with zero attached hydrogens (tertiary/aromatic N) is 1. The van der Waals surface area contributed by atoms with Crippen molar-refractivity contribution in [3.8, 4) is 5.75 Å². The molecule has 3 aromatic carbocycles. The van der Waals surface area contributed by atoms with E-state index < -0.39 is 6.04 Å². The fraction of sp³-hybridized carbons (Fsp3) is 0.167. The molecule has 1 heterocycles. The van der Waals surface area contributed by atoms with E-state index in [1.54, 1.807) is 7.11 Å². The lowest BCUT2D eigenvalue weighted by molar-refractivity contribution is -0.136. The third-order valence-electron chi connectivity index (χ3n) is 5.31. The van der Waals surface area contributed by atoms with Gasteiger partial charge in [-0.2, -0.15) is 0 Å². The lowest BCUT2D eigenvalue weighted by Gasteiger charge is -2.37. The number of hydrogen-bond acceptors (Lipinski definition) is 4. The number of carbonyl (C=O) groups excluding carboxylic acids is 1. The van der Waals surface area contributed by atoms with Crippen LogP contribution in [0.1, 0.15) is 18.5 Å². The number of nitrogens with one attached hydrogen (secondary N) is 1. The maximum Gasteiger partial charge on any atom is 0.337 e. The molecule has 4 rings (SSSR count). The highest BCUT2D eigenvalue weighted by Gasteiger charge is 2.35. The van der Waals surface area contributed by atoms with Gasteiger partial charge in [0.25, 0.3) is 0 Å². The van der Waals surface area contributed by atoms with Crippen LogP contribution in [0, 0.1) is 0 Å². The Bertz CT molecular complexity index is 1160. The number of esters is 1. The average molecular weight is 419 g/mol. The monoisotopic (exact) mass is 418 g/mol. The zero-order chi connectivity index (χ0) is 21.3. The molecule has 0 aromatic heterocycles. The molecule has 3 aromatic rings. The summed E-state index contributed by atoms with van der Waals surface area (Å²) < 4.78 is 10.4. The van der Waals surface area contributed by atoms with Crippen molar-refractivity contribution >= 4 is 39.8 Å². The van der Waals surface area contributed by atoms with Gasteiger partial charge in [0.15, 0.2) is 5.11 Å². The van der Waals surface area contributed by atoms with Gasteiger partial charge in [-0.05, 0) is 65.8 Å². The molecular weight excluding hydrogens is 396 g/mol. The lowest BCUT2D eigenvalue weighted by Crippen LogP contribution is -2.48. The normalized spacial score (nSPS) is 16.4. The maximum absolute atomic E-state index is 12.8. The summed E-state index contributed by atoms with van der Waals surface area (Å²) in [7, 11) is 3.04. The van der Waals surface area contributed by atoms with Crippen LogP contribution in [0.2, 0.25) is 0 Å². The number of fused-ring (bicyclic) bond motifs is 1. The summed E-state index contributed by atoms with van der Waals surface area (Å²) in [4.78, 5) is 14.7. The zero-order valence-corrected chi connectivity index (χ0v) is 17.8. The van der Waals surface area contributed by atoms with Gasteiger partial charge in [0, 0.05) is 11.4 Å². The number of benzene rings is 3. The van der Waals surface area contributed by atoms with E-state index in [0.717, 1.165) is 33.5 Å². The van der Waals surface area contributed by atoms with E-state index in [0.29, 0.717) is 10.7 Å². The molecule has 0 unspecified atom stereocenters. The average Bonchev–Trinajstić information content (AvgIpc) is 2.78. The van der Waals surface area contributed by atoms with Crippen LogP contribution in [0.5, 0.6) is 5.75 Å². The Morgan fingerprint density at radius 3 is 2.40 bits per heavy atom. The van der Waals surface area contributed by atoms with E-state index in [9.17, 15) is 4.79 Å². The Hall–Kier alpha value is -3.38. The molecule has 0 aliphatic carbocycles. The van der Waals surface area contributed by atoms with E-state index in [-0.39, 0.29) is 5.97 Å². The van der Waals surface area contributed by atoms with Crippen LogP contribution in [0.3, 0.4) is 0 Å². The Morgan fingerprint density at radius 1 is 1.00 bits per heavy atom. The van der Waals surface area contributed by atoms with Crippen molar-refractivity contribution in [3.05, 3.63) is 83.6 Å². The predicted octanol–water partition coefficient (Wildman–Crippen LogP) is 4.73. The Balaban J connectivity index is 1.83. The van der Waals surface area contributed by atoms with Gasteiger partial charge in [0.05, 0.1) is 25.8 Å². The topological polar surface area (TPSA) is 50.8 Å². The molecule has 0 fully saturated rings. The smallest absolute Gasteiger partial charge is 0.337 e. The fourth-order valence-electron chi connectivity index (χ4n) is 3.80. The van der Waals surface area contributed by atoms with Crippen LogP contribution in [0.25, 0.3) is 10.8 Å². The predicted molar refractivity (Wildman–Crippen MR) is 123 cm³/mol. The summed E-state index contributed by atoms with van der Waals surface area (Å²) in [5, 5.41) is 5.98. The number of methoxy groups -OCH3 is 2. The third kappa shape index (κ3) is 3.50. The minimum absolute atomic E-state index is 0.386. The first kappa shape index (κ1) is 19.9. The second-order valence-corrected chi connectivity index (χ2v) is 7.40. The van der Waals surface area contributed by atoms with Crippen molar-refractivity contribution in [3.63, 3.8) is 0 Å². The first-order chi connectivity index (χ1) is 14.5. The highest BCUT2D eigenvalue weighted by molar-refractivity contribution is 7.80. The van der Waals surface area contributed by atoms with E-state index in [4.69, 9.17) is 21.7 Å². The molecule has 1 aliphatic heterocycles. The summed E-state index contributed by atoms with van der Waals surface area (Å²) in [6.45, 7) is 1.89. The minimum atomic E-state index is -0.406. The van der Waals surface area contributed by atoms with Crippen LogP contribution in [-0.2, 0) is 9.53 Å². The molecule has 0 spiro atoms. The molecular formula is C24H22N2O3S. The summed E-state index contributed by atoms with van der Waals surface area (Å²) >= 11 is 5.68. The third-order valence-corrected chi connectivity index (χ3v) is 5.61. The number of anilines is 1. The van der Waals surface area contributed by atoms with Crippen molar-refractivity contribution in [2.75, 3.05) is 19.1 Å². The van der Waals surface area contributed by atoms with Crippen LogP contribution in [0.15, 0.2) is 78.0 Å². The quantitative estimate of drug-likeness (QED) is 0.488. The summed E-state index contributed by atoms with van der Waals surface area (Å²) in [6, 6.07) is 21.3. The van der Waals surface area contributed by atoms with Gasteiger partial charge in [-0.15, -0.1) is 0 Å². The molecule has 1 N–H and O–H groups in total. The first-order valence-corrected chi connectivity index (χ1v) is 9.96. The Labute approximate surface area is 180 Å². The zero-order valence-electron chi connectivity index (χ0n) is 17.0. The number of allylic oxidation sites excluding steroid dienone is 1. The minimum Gasteiger partial charge on any atom is -0.497 e. The van der Waals surface area contributed by atoms with Crippen LogP contribution < -0.4 is 15.0 Å². The molecule has 0 bridgehead atoms. The van der Waals surface area contributed by atoms with Crippen molar-refractivity contribution < 1.29 is 14.3 Å². The van der Waals surface area contributed by atoms with Crippen LogP contribution in [0.4, 0.5) is 5.69 Å². The Kier molecular flexibility index (Phi) is 5.42. The van der Waals surface area contributed by atoms with Gasteiger partial charge < -0.3 is 14.8 Å². The summed E-state index contributed by atoms with van der Waals surface area (Å²) in [5.41, 5.74) is 3.10. The van der Waals surface area contributed by atoms with Gasteiger partial charge in [-0.25, -0.2) is 4.79 Å². The number of hydrogen-bond donors (Lipinski definition) is 1. The second-order valence-electron chi connectivity index (χ2n) is 7.02. The molecule has 1 atom stereocenters. The number of thiocarbonyl (C=S) groups is 1. The summed E-state index contributed by atoms with van der Waals surface area (Å²) in [5.74, 6) is 0.417. The molecule has 1 aliphatic rings. The number of carbonyl (C=O) groups is 1. The van der Waals surface area contributed by atoms with Crippen molar-refractivity contribution in [2.24, 2.45) is 0 Å². The molecule has 0 amide bonds. The first-order valence-electron chi connectivity index (χ1n) is 9.56. The van der Waals surface area contributed by atoms with Crippen LogP contribution in [-0.4, -0.2) is 25.3 Å². The fourth-order valence-corrected chi connectivity index (χ4v) is 4.16. The maximum atomic E-state index is 12.8. The van der Waals surface area contributed by atoms with Gasteiger partial charge >= 0.3 is 5.97 Å². The highest BCUT2D eigenvalue weighted by Crippen LogP contribution is 2.35. The van der Waals surface area contributed by atoms with E-state index in [2.05, 4.69) is 11.4 Å². The van der Waals surface area contributed by atoms with Crippen molar-refractivity contribution in [1.82, 2.24) is 5.32 Å². The van der Waals surface area contributed by atoms with Gasteiger partial charge in [-0.1, -0.05) is 36.4 Å². The molecule has 0 radical (unpaired) electrons.